The first kappa shape index (κ1) is 12.4. The second kappa shape index (κ2) is 5.42. The normalized spacial score (nSPS) is 10.6. The topological polar surface area (TPSA) is 72.5 Å². The van der Waals surface area contributed by atoms with E-state index in [2.05, 4.69) is 4.74 Å². The Morgan fingerprint density at radius 1 is 1.62 bits per heavy atom. The van der Waals surface area contributed by atoms with Gasteiger partial charge in [0.15, 0.2) is 0 Å². The van der Waals surface area contributed by atoms with Crippen LogP contribution in [0.2, 0.25) is 5.02 Å². The number of hydrogen-bond donors (Lipinski definition) is 2. The van der Waals surface area contributed by atoms with Crippen LogP contribution in [0.1, 0.15) is 12.0 Å². The van der Waals surface area contributed by atoms with Crippen LogP contribution < -0.4 is 5.73 Å². The quantitative estimate of drug-likeness (QED) is 0.483. The van der Waals surface area contributed by atoms with E-state index in [1.807, 2.05) is 0 Å². The van der Waals surface area contributed by atoms with Gasteiger partial charge in [0.25, 0.3) is 0 Å². The van der Waals surface area contributed by atoms with Crippen LogP contribution in [0.15, 0.2) is 18.2 Å². The molecule has 0 heterocycles. The first-order valence-electron chi connectivity index (χ1n) is 4.56. The summed E-state index contributed by atoms with van der Waals surface area (Å²) < 4.78 is 4.46. The van der Waals surface area contributed by atoms with E-state index in [0.717, 1.165) is 0 Å². The molecule has 0 aliphatic rings. The van der Waals surface area contributed by atoms with Crippen LogP contribution in [0.25, 0.3) is 6.08 Å². The fourth-order valence-corrected chi connectivity index (χ4v) is 1.37. The largest absolute Gasteiger partial charge is 0.505 e. The number of ether oxygens (including phenoxy) is 1. The van der Waals surface area contributed by atoms with Gasteiger partial charge in [-0.05, 0) is 12.1 Å². The van der Waals surface area contributed by atoms with Gasteiger partial charge in [-0.2, -0.15) is 0 Å². The molecule has 0 saturated heterocycles. The number of hydrogen-bond acceptors (Lipinski definition) is 4. The second-order valence-corrected chi connectivity index (χ2v) is 3.55. The highest BCUT2D eigenvalue weighted by Crippen LogP contribution is 2.30. The third-order valence-electron chi connectivity index (χ3n) is 1.94. The van der Waals surface area contributed by atoms with Crippen molar-refractivity contribution in [1.29, 1.82) is 0 Å². The number of carbonyl (C=O) groups excluding carboxylic acids is 1. The summed E-state index contributed by atoms with van der Waals surface area (Å²) in [4.78, 5) is 10.8. The molecule has 0 aliphatic heterocycles. The lowest BCUT2D eigenvalue weighted by Gasteiger charge is -2.03. The third-order valence-corrected chi connectivity index (χ3v) is 2.16. The first-order valence-corrected chi connectivity index (χ1v) is 4.93. The van der Waals surface area contributed by atoms with Crippen LogP contribution in [-0.2, 0) is 9.53 Å². The SMILES string of the molecule is COC(=O)C/C=C/c1cc(Cl)cc(N)c1O. The fourth-order valence-electron chi connectivity index (χ4n) is 1.13. The number of nitrogens with two attached hydrogens (primary N) is 1. The van der Waals surface area contributed by atoms with Gasteiger partial charge in [-0.3, -0.25) is 4.79 Å². The number of nitrogen functional groups attached to an aromatic ring is 1. The molecule has 0 fully saturated rings. The molecule has 0 radical (unpaired) electrons. The van der Waals surface area contributed by atoms with Gasteiger partial charge in [-0.15, -0.1) is 0 Å². The Morgan fingerprint density at radius 2 is 2.31 bits per heavy atom. The van der Waals surface area contributed by atoms with Gasteiger partial charge in [0.05, 0.1) is 19.2 Å². The lowest BCUT2D eigenvalue weighted by molar-refractivity contribution is -0.139. The van der Waals surface area contributed by atoms with Crippen molar-refractivity contribution in [2.75, 3.05) is 12.8 Å². The summed E-state index contributed by atoms with van der Waals surface area (Å²) in [6, 6.07) is 3.01. The third kappa shape index (κ3) is 3.17. The van der Waals surface area contributed by atoms with Gasteiger partial charge in [-0.1, -0.05) is 23.8 Å². The number of methoxy groups -OCH3 is 1. The minimum absolute atomic E-state index is 0.0504. The Bertz CT molecular complexity index is 429. The Morgan fingerprint density at radius 3 is 2.94 bits per heavy atom. The molecule has 1 aromatic rings. The predicted octanol–water partition coefficient (Wildman–Crippen LogP) is 2.20. The Kier molecular flexibility index (Phi) is 4.19. The van der Waals surface area contributed by atoms with Gasteiger partial charge in [0, 0.05) is 10.6 Å². The summed E-state index contributed by atoms with van der Waals surface area (Å²) in [6.45, 7) is 0. The standard InChI is InChI=1S/C11H12ClNO3/c1-16-10(14)4-2-3-7-5-8(12)6-9(13)11(7)15/h2-3,5-6,15H,4,13H2,1H3/b3-2+. The summed E-state index contributed by atoms with van der Waals surface area (Å²) in [5, 5.41) is 10.0. The maximum absolute atomic E-state index is 10.8. The molecule has 0 unspecified atom stereocenters. The van der Waals surface area contributed by atoms with Crippen LogP contribution >= 0.6 is 11.6 Å². The molecule has 0 aromatic heterocycles. The Balaban J connectivity index is 2.85. The van der Waals surface area contributed by atoms with Crippen molar-refractivity contribution in [3.05, 3.63) is 28.8 Å². The minimum Gasteiger partial charge on any atom is -0.505 e. The molecule has 0 amide bonds. The van der Waals surface area contributed by atoms with Crippen LogP contribution in [0.5, 0.6) is 5.75 Å². The van der Waals surface area contributed by atoms with Crippen LogP contribution in [0.3, 0.4) is 0 Å². The van der Waals surface area contributed by atoms with Crippen molar-refractivity contribution >= 4 is 29.3 Å². The maximum atomic E-state index is 10.8. The fraction of sp³-hybridized carbons (Fsp3) is 0.182. The molecular formula is C11H12ClNO3. The molecule has 5 heteroatoms. The van der Waals surface area contributed by atoms with Crippen LogP contribution in [0.4, 0.5) is 5.69 Å². The first-order chi connectivity index (χ1) is 7.54. The van der Waals surface area contributed by atoms with Gasteiger partial charge in [0.2, 0.25) is 0 Å². The zero-order chi connectivity index (χ0) is 12.1. The summed E-state index contributed by atoms with van der Waals surface area (Å²) in [5.74, 6) is -0.406. The molecule has 16 heavy (non-hydrogen) atoms. The van der Waals surface area contributed by atoms with Gasteiger partial charge in [-0.25, -0.2) is 0 Å². The summed E-state index contributed by atoms with van der Waals surface area (Å²) in [6.07, 6.45) is 3.26. The predicted molar refractivity (Wildman–Crippen MR) is 63.2 cm³/mol. The van der Waals surface area contributed by atoms with E-state index in [4.69, 9.17) is 17.3 Å². The molecule has 0 aliphatic carbocycles. The average molecular weight is 242 g/mol. The number of phenols is 1. The molecule has 3 N–H and O–H groups in total. The van der Waals surface area contributed by atoms with E-state index >= 15 is 0 Å². The van der Waals surface area contributed by atoms with E-state index < -0.39 is 0 Å². The maximum Gasteiger partial charge on any atom is 0.309 e. The highest BCUT2D eigenvalue weighted by Gasteiger charge is 2.04. The van der Waals surface area contributed by atoms with E-state index in [1.165, 1.54) is 13.2 Å². The zero-order valence-corrected chi connectivity index (χ0v) is 9.49. The second-order valence-electron chi connectivity index (χ2n) is 3.12. The highest BCUT2D eigenvalue weighted by molar-refractivity contribution is 6.31. The van der Waals surface area contributed by atoms with Crippen molar-refractivity contribution in [3.63, 3.8) is 0 Å². The minimum atomic E-state index is -0.356. The van der Waals surface area contributed by atoms with Crippen molar-refractivity contribution < 1.29 is 14.6 Å². The average Bonchev–Trinajstić information content (AvgIpc) is 2.24. The monoisotopic (exact) mass is 241 g/mol. The van der Waals surface area contributed by atoms with E-state index in [1.54, 1.807) is 18.2 Å². The lowest BCUT2D eigenvalue weighted by Crippen LogP contribution is -1.96. The van der Waals surface area contributed by atoms with Crippen molar-refractivity contribution in [2.45, 2.75) is 6.42 Å². The zero-order valence-electron chi connectivity index (χ0n) is 8.74. The van der Waals surface area contributed by atoms with Gasteiger partial charge >= 0.3 is 5.97 Å². The van der Waals surface area contributed by atoms with Crippen molar-refractivity contribution in [2.24, 2.45) is 0 Å². The number of aromatic hydroxyl groups is 1. The van der Waals surface area contributed by atoms with E-state index in [0.29, 0.717) is 10.6 Å². The highest BCUT2D eigenvalue weighted by atomic mass is 35.5. The number of rotatable bonds is 3. The molecule has 4 nitrogen and oxygen atoms in total. The van der Waals surface area contributed by atoms with Crippen LogP contribution in [-0.4, -0.2) is 18.2 Å². The molecule has 0 bridgehead atoms. The van der Waals surface area contributed by atoms with E-state index in [9.17, 15) is 9.90 Å². The number of anilines is 1. The molecule has 1 aromatic carbocycles. The number of carbonyl (C=O) groups is 1. The van der Waals surface area contributed by atoms with Gasteiger partial charge < -0.3 is 15.6 Å². The number of phenolic OH excluding ortho intramolecular Hbond substituents is 1. The molecule has 86 valence electrons. The van der Waals surface area contributed by atoms with Crippen LogP contribution in [0, 0.1) is 0 Å². The number of benzene rings is 1. The lowest BCUT2D eigenvalue weighted by atomic mass is 10.1. The molecule has 0 spiro atoms. The Labute approximate surface area is 98.3 Å². The summed E-state index contributed by atoms with van der Waals surface area (Å²) in [5.41, 5.74) is 6.19. The summed E-state index contributed by atoms with van der Waals surface area (Å²) >= 11 is 5.77. The van der Waals surface area contributed by atoms with Crippen molar-refractivity contribution in [1.82, 2.24) is 0 Å². The molecule has 1 rings (SSSR count). The Hall–Kier alpha value is -1.68. The van der Waals surface area contributed by atoms with Crippen molar-refractivity contribution in [3.8, 4) is 5.75 Å². The van der Waals surface area contributed by atoms with E-state index in [-0.39, 0.29) is 23.8 Å². The molecular weight excluding hydrogens is 230 g/mol. The summed E-state index contributed by atoms with van der Waals surface area (Å²) in [7, 11) is 1.31. The number of esters is 1. The molecule has 0 atom stereocenters. The smallest absolute Gasteiger partial charge is 0.309 e. The molecule has 0 saturated carbocycles. The van der Waals surface area contributed by atoms with Gasteiger partial charge in [0.1, 0.15) is 5.75 Å². The number of halogens is 1.